The van der Waals surface area contributed by atoms with E-state index in [-0.39, 0.29) is 23.6 Å². The Labute approximate surface area is 104 Å². The van der Waals surface area contributed by atoms with E-state index in [4.69, 9.17) is 9.84 Å². The van der Waals surface area contributed by atoms with Crippen molar-refractivity contribution in [1.29, 1.82) is 0 Å². The highest BCUT2D eigenvalue weighted by molar-refractivity contribution is 5.95. The smallest absolute Gasteiger partial charge is 0.311 e. The number of aliphatic hydroxyl groups is 1. The lowest BCUT2D eigenvalue weighted by Gasteiger charge is -2.06. The molecule has 0 aromatic heterocycles. The van der Waals surface area contributed by atoms with Gasteiger partial charge in [0, 0.05) is 24.8 Å². The Balaban J connectivity index is 2.87. The van der Waals surface area contributed by atoms with Gasteiger partial charge in [-0.3, -0.25) is 14.9 Å². The molecule has 18 heavy (non-hydrogen) atoms. The molecule has 0 saturated carbocycles. The molecule has 0 aliphatic rings. The van der Waals surface area contributed by atoms with Crippen LogP contribution in [-0.2, 0) is 0 Å². The topological polar surface area (TPSA) is 102 Å². The number of methoxy groups -OCH3 is 1. The van der Waals surface area contributed by atoms with Gasteiger partial charge in [0.15, 0.2) is 5.75 Å². The van der Waals surface area contributed by atoms with Gasteiger partial charge in [0.05, 0.1) is 12.0 Å². The maximum Gasteiger partial charge on any atom is 0.311 e. The molecule has 1 amide bonds. The standard InChI is InChI=1S/C11H14N2O5/c1-18-10-4-3-8(7-9(10)13(16)17)11(15)12-5-2-6-14/h3-4,7,14H,2,5-6H2,1H3,(H,12,15). The molecular formula is C11H14N2O5. The number of nitro benzene ring substituents is 1. The average molecular weight is 254 g/mol. The van der Waals surface area contributed by atoms with Crippen LogP contribution in [0.3, 0.4) is 0 Å². The Morgan fingerprint density at radius 3 is 2.83 bits per heavy atom. The summed E-state index contributed by atoms with van der Waals surface area (Å²) in [6.45, 7) is 0.290. The third kappa shape index (κ3) is 3.42. The van der Waals surface area contributed by atoms with E-state index in [0.717, 1.165) is 6.07 Å². The number of aliphatic hydroxyl groups excluding tert-OH is 1. The third-order valence-corrected chi connectivity index (χ3v) is 2.26. The fraction of sp³-hybridized carbons (Fsp3) is 0.364. The third-order valence-electron chi connectivity index (χ3n) is 2.26. The summed E-state index contributed by atoms with van der Waals surface area (Å²) < 4.78 is 4.83. The number of nitrogens with one attached hydrogen (secondary N) is 1. The van der Waals surface area contributed by atoms with E-state index in [2.05, 4.69) is 5.32 Å². The largest absolute Gasteiger partial charge is 0.490 e. The number of nitrogens with zero attached hydrogens (tertiary/aromatic N) is 1. The summed E-state index contributed by atoms with van der Waals surface area (Å²) in [5, 5.41) is 21.9. The average Bonchev–Trinajstić information content (AvgIpc) is 2.38. The van der Waals surface area contributed by atoms with Gasteiger partial charge in [-0.1, -0.05) is 0 Å². The SMILES string of the molecule is COc1ccc(C(=O)NCCCO)cc1[N+](=O)[O-]. The van der Waals surface area contributed by atoms with E-state index >= 15 is 0 Å². The lowest BCUT2D eigenvalue weighted by molar-refractivity contribution is -0.385. The van der Waals surface area contributed by atoms with Crippen molar-refractivity contribution < 1.29 is 19.6 Å². The van der Waals surface area contributed by atoms with Crippen molar-refractivity contribution in [3.05, 3.63) is 33.9 Å². The van der Waals surface area contributed by atoms with Crippen LogP contribution < -0.4 is 10.1 Å². The second-order valence-electron chi connectivity index (χ2n) is 3.48. The quantitative estimate of drug-likeness (QED) is 0.442. The lowest BCUT2D eigenvalue weighted by Crippen LogP contribution is -2.25. The van der Waals surface area contributed by atoms with Crippen molar-refractivity contribution in [3.63, 3.8) is 0 Å². The predicted molar refractivity (Wildman–Crippen MR) is 63.7 cm³/mol. The minimum Gasteiger partial charge on any atom is -0.490 e. The maximum absolute atomic E-state index is 11.6. The van der Waals surface area contributed by atoms with E-state index in [9.17, 15) is 14.9 Å². The molecule has 7 heteroatoms. The molecule has 1 aromatic rings. The number of amides is 1. The molecule has 0 unspecified atom stereocenters. The van der Waals surface area contributed by atoms with E-state index in [1.54, 1.807) is 0 Å². The molecule has 2 N–H and O–H groups in total. The highest BCUT2D eigenvalue weighted by Crippen LogP contribution is 2.27. The molecule has 0 heterocycles. The van der Waals surface area contributed by atoms with Gasteiger partial charge in [-0.05, 0) is 18.6 Å². The molecule has 0 saturated heterocycles. The first-order valence-corrected chi connectivity index (χ1v) is 5.31. The summed E-state index contributed by atoms with van der Waals surface area (Å²) in [6.07, 6.45) is 0.435. The summed E-state index contributed by atoms with van der Waals surface area (Å²) in [6, 6.07) is 3.98. The van der Waals surface area contributed by atoms with Crippen LogP contribution in [0.1, 0.15) is 16.8 Å². The van der Waals surface area contributed by atoms with Crippen molar-refractivity contribution >= 4 is 11.6 Å². The number of hydrogen-bond donors (Lipinski definition) is 2. The Kier molecular flexibility index (Phi) is 5.06. The molecular weight excluding hydrogens is 240 g/mol. The van der Waals surface area contributed by atoms with Crippen LogP contribution in [0, 0.1) is 10.1 Å². The number of carbonyl (C=O) groups excluding carboxylic acids is 1. The molecule has 7 nitrogen and oxygen atoms in total. The van der Waals surface area contributed by atoms with Crippen LogP contribution in [0.25, 0.3) is 0 Å². The Morgan fingerprint density at radius 2 is 2.28 bits per heavy atom. The summed E-state index contributed by atoms with van der Waals surface area (Å²) >= 11 is 0. The summed E-state index contributed by atoms with van der Waals surface area (Å²) in [5.41, 5.74) is -0.0762. The zero-order valence-electron chi connectivity index (χ0n) is 9.88. The van der Waals surface area contributed by atoms with E-state index in [0.29, 0.717) is 13.0 Å². The number of hydrogen-bond acceptors (Lipinski definition) is 5. The van der Waals surface area contributed by atoms with Crippen molar-refractivity contribution in [2.24, 2.45) is 0 Å². The molecule has 0 radical (unpaired) electrons. The van der Waals surface area contributed by atoms with Gasteiger partial charge >= 0.3 is 5.69 Å². The first-order valence-electron chi connectivity index (χ1n) is 5.31. The summed E-state index contributed by atoms with van der Waals surface area (Å²) in [7, 11) is 1.32. The number of carbonyl (C=O) groups is 1. The van der Waals surface area contributed by atoms with Gasteiger partial charge in [-0.25, -0.2) is 0 Å². The first kappa shape index (κ1) is 13.9. The van der Waals surface area contributed by atoms with E-state index in [1.807, 2.05) is 0 Å². The maximum atomic E-state index is 11.6. The Bertz CT molecular complexity index is 447. The fourth-order valence-corrected chi connectivity index (χ4v) is 1.36. The molecule has 0 aliphatic carbocycles. The molecule has 0 fully saturated rings. The minimum atomic E-state index is -0.608. The second kappa shape index (κ2) is 6.55. The number of ether oxygens (including phenoxy) is 1. The summed E-state index contributed by atoms with van der Waals surface area (Å²) in [4.78, 5) is 21.8. The van der Waals surface area contributed by atoms with Gasteiger partial charge in [-0.2, -0.15) is 0 Å². The highest BCUT2D eigenvalue weighted by atomic mass is 16.6. The van der Waals surface area contributed by atoms with E-state index in [1.165, 1.54) is 19.2 Å². The molecule has 0 spiro atoms. The lowest BCUT2D eigenvalue weighted by atomic mass is 10.1. The van der Waals surface area contributed by atoms with Crippen molar-refractivity contribution in [3.8, 4) is 5.75 Å². The normalized spacial score (nSPS) is 9.89. The predicted octanol–water partition coefficient (Wildman–Crippen LogP) is 0.716. The van der Waals surface area contributed by atoms with Crippen LogP contribution in [-0.4, -0.2) is 36.2 Å². The second-order valence-corrected chi connectivity index (χ2v) is 3.48. The van der Waals surface area contributed by atoms with Crippen LogP contribution in [0.15, 0.2) is 18.2 Å². The molecule has 98 valence electrons. The molecule has 0 bridgehead atoms. The van der Waals surface area contributed by atoms with Gasteiger partial charge in [0.2, 0.25) is 0 Å². The molecule has 0 atom stereocenters. The van der Waals surface area contributed by atoms with Crippen LogP contribution in [0.5, 0.6) is 5.75 Å². The minimum absolute atomic E-state index is 0.0248. The van der Waals surface area contributed by atoms with Gasteiger partial charge in [0.25, 0.3) is 5.91 Å². The Hall–Kier alpha value is -2.15. The van der Waals surface area contributed by atoms with E-state index < -0.39 is 10.8 Å². The number of rotatable bonds is 6. The molecule has 1 rings (SSSR count). The fourth-order valence-electron chi connectivity index (χ4n) is 1.36. The van der Waals surface area contributed by atoms with Crippen molar-refractivity contribution in [2.75, 3.05) is 20.3 Å². The molecule has 0 aliphatic heterocycles. The van der Waals surface area contributed by atoms with Crippen molar-refractivity contribution in [2.45, 2.75) is 6.42 Å². The Morgan fingerprint density at radius 1 is 1.56 bits per heavy atom. The first-order chi connectivity index (χ1) is 8.60. The van der Waals surface area contributed by atoms with Crippen LogP contribution in [0.2, 0.25) is 0 Å². The summed E-state index contributed by atoms with van der Waals surface area (Å²) in [5.74, 6) is -0.318. The van der Waals surface area contributed by atoms with Crippen molar-refractivity contribution in [1.82, 2.24) is 5.32 Å². The zero-order chi connectivity index (χ0) is 13.5. The number of nitro groups is 1. The van der Waals surface area contributed by atoms with Gasteiger partial charge in [-0.15, -0.1) is 0 Å². The monoisotopic (exact) mass is 254 g/mol. The van der Waals surface area contributed by atoms with Crippen LogP contribution >= 0.6 is 0 Å². The molecule has 1 aromatic carbocycles. The van der Waals surface area contributed by atoms with Crippen LogP contribution in [0.4, 0.5) is 5.69 Å². The number of benzene rings is 1. The highest BCUT2D eigenvalue weighted by Gasteiger charge is 2.17. The van der Waals surface area contributed by atoms with Gasteiger partial charge < -0.3 is 15.2 Å². The van der Waals surface area contributed by atoms with Gasteiger partial charge in [0.1, 0.15) is 0 Å². The zero-order valence-corrected chi connectivity index (χ0v) is 9.88.